The predicted octanol–water partition coefficient (Wildman–Crippen LogP) is 5.58. The molecule has 1 heterocycles. The van der Waals surface area contributed by atoms with Gasteiger partial charge < -0.3 is 47.4 Å². The Morgan fingerprint density at radius 3 is 2.00 bits per heavy atom. The molecule has 1 fully saturated rings. The van der Waals surface area contributed by atoms with Gasteiger partial charge >= 0.3 is 17.9 Å². The molecule has 0 spiro atoms. The number of fused-ring (bicyclic) bond motifs is 1. The van der Waals surface area contributed by atoms with Crippen molar-refractivity contribution in [3.63, 3.8) is 0 Å². The number of methoxy groups -OCH3 is 5. The highest BCUT2D eigenvalue weighted by Crippen LogP contribution is 2.46. The molecule has 13 nitrogen and oxygen atoms in total. The Bertz CT molecular complexity index is 1680. The Kier molecular flexibility index (Phi) is 13.3. The lowest BCUT2D eigenvalue weighted by atomic mass is 9.84. The van der Waals surface area contributed by atoms with Crippen molar-refractivity contribution in [3.8, 4) is 28.7 Å². The molecule has 5 atom stereocenters. The third-order valence-electron chi connectivity index (χ3n) is 8.59. The fourth-order valence-corrected chi connectivity index (χ4v) is 6.53. The van der Waals surface area contributed by atoms with Gasteiger partial charge in [0, 0.05) is 38.3 Å². The molecule has 0 radical (unpaired) electrons. The van der Waals surface area contributed by atoms with Crippen LogP contribution in [0.1, 0.15) is 52.2 Å². The summed E-state index contributed by atoms with van der Waals surface area (Å²) in [6.45, 7) is 8.28. The van der Waals surface area contributed by atoms with Gasteiger partial charge in [-0.2, -0.15) is 0 Å². The topological polar surface area (TPSA) is 144 Å². The van der Waals surface area contributed by atoms with Crippen molar-refractivity contribution in [2.75, 3.05) is 35.5 Å². The van der Waals surface area contributed by atoms with Crippen molar-refractivity contribution in [1.29, 1.82) is 0 Å². The van der Waals surface area contributed by atoms with Crippen LogP contribution in [0.4, 0.5) is 0 Å². The normalized spacial score (nSPS) is 18.4. The second-order valence-corrected chi connectivity index (χ2v) is 12.7. The minimum absolute atomic E-state index is 0.0978. The van der Waals surface area contributed by atoms with Crippen LogP contribution in [0.2, 0.25) is 0 Å². The fourth-order valence-electron chi connectivity index (χ4n) is 6.53. The molecular weight excluding hydrogens is 664 g/mol. The Balaban J connectivity index is 1.87. The second-order valence-electron chi connectivity index (χ2n) is 12.7. The summed E-state index contributed by atoms with van der Waals surface area (Å²) in [4.78, 5) is 37.6. The first kappa shape index (κ1) is 39.4. The van der Waals surface area contributed by atoms with Gasteiger partial charge in [0.15, 0.2) is 5.79 Å². The van der Waals surface area contributed by atoms with Gasteiger partial charge in [-0.3, -0.25) is 14.4 Å². The molecule has 278 valence electrons. The van der Waals surface area contributed by atoms with E-state index in [4.69, 9.17) is 47.4 Å². The summed E-state index contributed by atoms with van der Waals surface area (Å²) in [6, 6.07) is 12.3. The molecule has 0 unspecified atom stereocenters. The zero-order valence-electron chi connectivity index (χ0n) is 30.9. The molecule has 0 saturated carbocycles. The minimum atomic E-state index is -0.908. The van der Waals surface area contributed by atoms with Crippen LogP contribution >= 0.6 is 0 Å². The quantitative estimate of drug-likeness (QED) is 0.135. The standard InChI is InChI=1S/C38H48O13/c1-21-34(51-38(4,5)50-21)37(47-20-24-11-13-27(42-6)14-12-24)36(46-10)26(17-32(41)45-9)15-25-16-30(43-7)33-29(35(25)49-23(3)40)18-28(48-22(2)39)19-31(33)44-8/h11-14,16,18-19,21,26,34,36-37H,15,17,20H2,1-10H3/t21-,26-,34+,36+,37+/m1/s1. The first-order valence-electron chi connectivity index (χ1n) is 16.5. The molecule has 0 amide bonds. The average Bonchev–Trinajstić information content (AvgIpc) is 3.37. The van der Waals surface area contributed by atoms with Crippen molar-refractivity contribution in [3.05, 3.63) is 53.6 Å². The molecule has 51 heavy (non-hydrogen) atoms. The van der Waals surface area contributed by atoms with E-state index in [0.717, 1.165) is 5.56 Å². The summed E-state index contributed by atoms with van der Waals surface area (Å²) in [5.74, 6) is -1.42. The molecular formula is C38H48O13. The second kappa shape index (κ2) is 17.2. The summed E-state index contributed by atoms with van der Waals surface area (Å²) in [7, 11) is 7.40. The van der Waals surface area contributed by atoms with Crippen LogP contribution in [0.5, 0.6) is 28.7 Å². The summed E-state index contributed by atoms with van der Waals surface area (Å²) in [6.07, 6.45) is -2.50. The monoisotopic (exact) mass is 712 g/mol. The van der Waals surface area contributed by atoms with Gasteiger partial charge in [0.25, 0.3) is 0 Å². The molecule has 4 rings (SSSR count). The van der Waals surface area contributed by atoms with Crippen molar-refractivity contribution in [2.24, 2.45) is 5.92 Å². The Morgan fingerprint density at radius 1 is 0.824 bits per heavy atom. The van der Waals surface area contributed by atoms with E-state index in [1.807, 2.05) is 45.0 Å². The molecule has 0 aromatic heterocycles. The van der Waals surface area contributed by atoms with E-state index in [9.17, 15) is 14.4 Å². The lowest BCUT2D eigenvalue weighted by molar-refractivity contribution is -0.183. The highest BCUT2D eigenvalue weighted by molar-refractivity contribution is 6.01. The molecule has 1 aliphatic heterocycles. The molecule has 0 N–H and O–H groups in total. The summed E-state index contributed by atoms with van der Waals surface area (Å²) < 4.78 is 58.5. The third kappa shape index (κ3) is 9.67. The Morgan fingerprint density at radius 2 is 1.47 bits per heavy atom. The van der Waals surface area contributed by atoms with Crippen molar-refractivity contribution >= 4 is 28.7 Å². The number of carbonyl (C=O) groups excluding carboxylic acids is 3. The van der Waals surface area contributed by atoms with Crippen LogP contribution in [0, 0.1) is 5.92 Å². The van der Waals surface area contributed by atoms with Gasteiger partial charge in [0.1, 0.15) is 41.0 Å². The molecule has 0 bridgehead atoms. The van der Waals surface area contributed by atoms with Gasteiger partial charge in [0.2, 0.25) is 0 Å². The number of carbonyl (C=O) groups is 3. The maximum absolute atomic E-state index is 13.1. The maximum Gasteiger partial charge on any atom is 0.308 e. The van der Waals surface area contributed by atoms with Gasteiger partial charge in [-0.1, -0.05) is 12.1 Å². The van der Waals surface area contributed by atoms with E-state index < -0.39 is 54.0 Å². The van der Waals surface area contributed by atoms with Crippen molar-refractivity contribution in [2.45, 2.75) is 84.3 Å². The molecule has 3 aromatic carbocycles. The van der Waals surface area contributed by atoms with Crippen LogP contribution in [0.3, 0.4) is 0 Å². The Hall–Kier alpha value is -4.43. The van der Waals surface area contributed by atoms with Crippen LogP contribution in [-0.2, 0) is 51.1 Å². The van der Waals surface area contributed by atoms with Gasteiger partial charge in [-0.05, 0) is 62.6 Å². The van der Waals surface area contributed by atoms with Gasteiger partial charge in [-0.15, -0.1) is 0 Å². The first-order valence-corrected chi connectivity index (χ1v) is 16.5. The molecule has 3 aromatic rings. The lowest BCUT2D eigenvalue weighted by Crippen LogP contribution is -2.49. The van der Waals surface area contributed by atoms with E-state index in [0.29, 0.717) is 33.6 Å². The minimum Gasteiger partial charge on any atom is -0.497 e. The zero-order valence-corrected chi connectivity index (χ0v) is 30.9. The van der Waals surface area contributed by atoms with E-state index in [2.05, 4.69) is 0 Å². The van der Waals surface area contributed by atoms with E-state index in [1.54, 1.807) is 25.3 Å². The molecule has 1 aliphatic rings. The number of rotatable bonds is 16. The van der Waals surface area contributed by atoms with E-state index in [1.165, 1.54) is 42.3 Å². The van der Waals surface area contributed by atoms with E-state index in [-0.39, 0.29) is 30.9 Å². The molecule has 0 aliphatic carbocycles. The number of hydrogen-bond acceptors (Lipinski definition) is 13. The summed E-state index contributed by atoms with van der Waals surface area (Å²) in [5.41, 5.74) is 1.37. The van der Waals surface area contributed by atoms with Crippen LogP contribution in [0.25, 0.3) is 10.8 Å². The largest absolute Gasteiger partial charge is 0.497 e. The number of hydrogen-bond donors (Lipinski definition) is 0. The molecule has 1 saturated heterocycles. The zero-order chi connectivity index (χ0) is 37.5. The maximum atomic E-state index is 13.1. The van der Waals surface area contributed by atoms with Crippen LogP contribution in [-0.4, -0.2) is 83.7 Å². The number of ether oxygens (including phenoxy) is 10. The summed E-state index contributed by atoms with van der Waals surface area (Å²) >= 11 is 0. The third-order valence-corrected chi connectivity index (χ3v) is 8.59. The predicted molar refractivity (Wildman–Crippen MR) is 185 cm³/mol. The van der Waals surface area contributed by atoms with E-state index >= 15 is 0 Å². The van der Waals surface area contributed by atoms with Crippen molar-refractivity contribution < 1.29 is 61.8 Å². The molecule has 13 heteroatoms. The lowest BCUT2D eigenvalue weighted by Gasteiger charge is -2.36. The van der Waals surface area contributed by atoms with Gasteiger partial charge in [-0.25, -0.2) is 0 Å². The number of benzene rings is 3. The smallest absolute Gasteiger partial charge is 0.308 e. The average molecular weight is 713 g/mol. The summed E-state index contributed by atoms with van der Waals surface area (Å²) in [5, 5.41) is 0.869. The Labute approximate surface area is 298 Å². The SMILES string of the molecule is COC(=O)C[C@@H](Cc1cc(OC)c2c(OC)cc(OC(C)=O)cc2c1OC(C)=O)[C@H](OC)[C@@H](OCc1ccc(OC)cc1)[C@H]1OC(C)(C)O[C@@H]1C. The van der Waals surface area contributed by atoms with Crippen LogP contribution in [0.15, 0.2) is 42.5 Å². The first-order chi connectivity index (χ1) is 24.2. The van der Waals surface area contributed by atoms with Crippen molar-refractivity contribution in [1.82, 2.24) is 0 Å². The van der Waals surface area contributed by atoms with Gasteiger partial charge in [0.05, 0.1) is 59.1 Å². The fraction of sp³-hybridized carbons (Fsp3) is 0.500. The number of esters is 3. The highest BCUT2D eigenvalue weighted by Gasteiger charge is 2.48. The van der Waals surface area contributed by atoms with Crippen LogP contribution < -0.4 is 23.7 Å². The highest BCUT2D eigenvalue weighted by atomic mass is 16.8.